The summed E-state index contributed by atoms with van der Waals surface area (Å²) in [7, 11) is 0. The molecule has 0 amide bonds. The number of hydrogen-bond donors (Lipinski definition) is 0. The van der Waals surface area contributed by atoms with E-state index in [1.165, 1.54) is 0 Å². The summed E-state index contributed by atoms with van der Waals surface area (Å²) < 4.78 is 11.0. The van der Waals surface area contributed by atoms with Crippen molar-refractivity contribution < 1.29 is 9.15 Å². The molecule has 0 fully saturated rings. The highest BCUT2D eigenvalue weighted by atomic mass is 35.5. The number of ether oxygens (including phenoxy) is 1. The molecule has 0 saturated heterocycles. The Morgan fingerprint density at radius 3 is 2.48 bits per heavy atom. The zero-order valence-electron chi connectivity index (χ0n) is 12.5. The highest BCUT2D eigenvalue weighted by Crippen LogP contribution is 2.15. The van der Waals surface area contributed by atoms with E-state index in [-0.39, 0.29) is 0 Å². The predicted molar refractivity (Wildman–Crippen MR) is 92.2 cm³/mol. The molecule has 0 aliphatic rings. The van der Waals surface area contributed by atoms with E-state index in [9.17, 15) is 0 Å². The molecule has 116 valence electrons. The van der Waals surface area contributed by atoms with Crippen LogP contribution in [0.15, 0.2) is 76.3 Å². The van der Waals surface area contributed by atoms with E-state index in [2.05, 4.69) is 4.99 Å². The van der Waals surface area contributed by atoms with Gasteiger partial charge in [0, 0.05) is 11.2 Å². The molecule has 3 nitrogen and oxygen atoms in total. The van der Waals surface area contributed by atoms with Crippen LogP contribution in [-0.4, -0.2) is 6.21 Å². The van der Waals surface area contributed by atoms with E-state index in [0.29, 0.717) is 13.2 Å². The van der Waals surface area contributed by atoms with Crippen LogP contribution in [0.4, 0.5) is 0 Å². The molecule has 1 aromatic heterocycles. The topological polar surface area (TPSA) is 34.7 Å². The monoisotopic (exact) mass is 325 g/mol. The molecule has 4 heteroatoms. The van der Waals surface area contributed by atoms with Gasteiger partial charge in [0.05, 0.1) is 12.8 Å². The molecule has 3 rings (SSSR count). The third kappa shape index (κ3) is 4.73. The lowest BCUT2D eigenvalue weighted by molar-refractivity contribution is 0.306. The Hall–Kier alpha value is -2.52. The minimum absolute atomic E-state index is 0.517. The van der Waals surface area contributed by atoms with E-state index < -0.39 is 0 Å². The van der Waals surface area contributed by atoms with Gasteiger partial charge < -0.3 is 9.15 Å². The Kier molecular flexibility index (Phi) is 5.12. The zero-order valence-corrected chi connectivity index (χ0v) is 13.2. The minimum Gasteiger partial charge on any atom is -0.489 e. The Morgan fingerprint density at radius 1 is 1.00 bits per heavy atom. The number of halogens is 1. The standard InChI is InChI=1S/C19H16ClNO2/c20-17-7-3-16(4-8-17)14-23-18-9-5-15(6-10-18)12-21-13-19-2-1-11-22-19/h1-12H,13-14H2. The Bertz CT molecular complexity index is 747. The number of nitrogens with zero attached hydrogens (tertiary/aromatic N) is 1. The van der Waals surface area contributed by atoms with Crippen LogP contribution in [0.1, 0.15) is 16.9 Å². The molecule has 0 saturated carbocycles. The van der Waals surface area contributed by atoms with Crippen molar-refractivity contribution in [3.63, 3.8) is 0 Å². The first kappa shape index (κ1) is 15.4. The first-order valence-electron chi connectivity index (χ1n) is 7.29. The predicted octanol–water partition coefficient (Wildman–Crippen LogP) is 5.13. The molecule has 3 aromatic rings. The summed E-state index contributed by atoms with van der Waals surface area (Å²) in [6.45, 7) is 1.06. The fourth-order valence-corrected chi connectivity index (χ4v) is 2.17. The molecule has 1 heterocycles. The first-order valence-corrected chi connectivity index (χ1v) is 7.67. The lowest BCUT2D eigenvalue weighted by Crippen LogP contribution is -1.95. The van der Waals surface area contributed by atoms with Gasteiger partial charge in [-0.3, -0.25) is 4.99 Å². The summed E-state index contributed by atoms with van der Waals surface area (Å²) in [4.78, 5) is 4.34. The third-order valence-electron chi connectivity index (χ3n) is 3.27. The van der Waals surface area contributed by atoms with E-state index in [0.717, 1.165) is 27.7 Å². The van der Waals surface area contributed by atoms with Gasteiger partial charge in [0.1, 0.15) is 18.1 Å². The Morgan fingerprint density at radius 2 is 1.78 bits per heavy atom. The van der Waals surface area contributed by atoms with Crippen molar-refractivity contribution >= 4 is 17.8 Å². The second-order valence-electron chi connectivity index (χ2n) is 5.03. The van der Waals surface area contributed by atoms with Gasteiger partial charge in [-0.15, -0.1) is 0 Å². The van der Waals surface area contributed by atoms with Gasteiger partial charge in [-0.05, 0) is 59.7 Å². The molecule has 23 heavy (non-hydrogen) atoms. The van der Waals surface area contributed by atoms with Crippen LogP contribution < -0.4 is 4.74 Å². The molecular weight excluding hydrogens is 310 g/mol. The maximum absolute atomic E-state index is 5.86. The molecule has 0 spiro atoms. The van der Waals surface area contributed by atoms with Crippen LogP contribution in [0.5, 0.6) is 5.75 Å². The van der Waals surface area contributed by atoms with Crippen molar-refractivity contribution in [2.24, 2.45) is 4.99 Å². The summed E-state index contributed by atoms with van der Waals surface area (Å²) in [6.07, 6.45) is 3.48. The molecule has 2 aromatic carbocycles. The fourth-order valence-electron chi connectivity index (χ4n) is 2.04. The summed E-state index contributed by atoms with van der Waals surface area (Å²) in [6, 6.07) is 19.2. The van der Waals surface area contributed by atoms with Crippen LogP contribution >= 0.6 is 11.6 Å². The molecular formula is C19H16ClNO2. The lowest BCUT2D eigenvalue weighted by Gasteiger charge is -2.06. The van der Waals surface area contributed by atoms with Crippen LogP contribution in [-0.2, 0) is 13.2 Å². The zero-order chi connectivity index (χ0) is 15.9. The quantitative estimate of drug-likeness (QED) is 0.589. The second kappa shape index (κ2) is 7.65. The summed E-state index contributed by atoms with van der Waals surface area (Å²) in [5.41, 5.74) is 2.11. The van der Waals surface area contributed by atoms with Gasteiger partial charge >= 0.3 is 0 Å². The first-order chi connectivity index (χ1) is 11.3. The van der Waals surface area contributed by atoms with Crippen molar-refractivity contribution in [3.8, 4) is 5.75 Å². The Balaban J connectivity index is 1.52. The van der Waals surface area contributed by atoms with Gasteiger partial charge in [0.25, 0.3) is 0 Å². The van der Waals surface area contributed by atoms with E-state index in [1.54, 1.807) is 6.26 Å². The van der Waals surface area contributed by atoms with Crippen LogP contribution in [0.25, 0.3) is 0 Å². The SMILES string of the molecule is Clc1ccc(COc2ccc(C=NCc3ccco3)cc2)cc1. The number of hydrogen-bond acceptors (Lipinski definition) is 3. The van der Waals surface area contributed by atoms with Gasteiger partial charge in [-0.25, -0.2) is 0 Å². The van der Waals surface area contributed by atoms with Crippen molar-refractivity contribution in [2.75, 3.05) is 0 Å². The molecule has 0 aliphatic carbocycles. The molecule has 0 radical (unpaired) electrons. The van der Waals surface area contributed by atoms with E-state index in [1.807, 2.05) is 66.9 Å². The fraction of sp³-hybridized carbons (Fsp3) is 0.105. The van der Waals surface area contributed by atoms with Gasteiger partial charge in [-0.1, -0.05) is 23.7 Å². The summed E-state index contributed by atoms with van der Waals surface area (Å²) in [5, 5.41) is 0.729. The third-order valence-corrected chi connectivity index (χ3v) is 3.52. The smallest absolute Gasteiger partial charge is 0.125 e. The maximum Gasteiger partial charge on any atom is 0.125 e. The van der Waals surface area contributed by atoms with Gasteiger partial charge in [-0.2, -0.15) is 0 Å². The van der Waals surface area contributed by atoms with Crippen molar-refractivity contribution in [1.29, 1.82) is 0 Å². The highest BCUT2D eigenvalue weighted by Gasteiger charge is 1.97. The Labute approximate surface area is 140 Å². The molecule has 0 aliphatic heterocycles. The second-order valence-corrected chi connectivity index (χ2v) is 5.47. The largest absolute Gasteiger partial charge is 0.489 e. The van der Waals surface area contributed by atoms with E-state index >= 15 is 0 Å². The summed E-state index contributed by atoms with van der Waals surface area (Å²) in [5.74, 6) is 1.67. The minimum atomic E-state index is 0.517. The number of furan rings is 1. The van der Waals surface area contributed by atoms with Crippen LogP contribution in [0.3, 0.4) is 0 Å². The molecule has 0 unspecified atom stereocenters. The molecule has 0 N–H and O–H groups in total. The average molecular weight is 326 g/mol. The van der Waals surface area contributed by atoms with Gasteiger partial charge in [0.2, 0.25) is 0 Å². The highest BCUT2D eigenvalue weighted by molar-refractivity contribution is 6.30. The van der Waals surface area contributed by atoms with Crippen LogP contribution in [0, 0.1) is 0 Å². The van der Waals surface area contributed by atoms with Crippen molar-refractivity contribution in [2.45, 2.75) is 13.2 Å². The number of rotatable bonds is 6. The lowest BCUT2D eigenvalue weighted by atomic mass is 10.2. The molecule has 0 bridgehead atoms. The maximum atomic E-state index is 5.86. The number of benzene rings is 2. The van der Waals surface area contributed by atoms with Crippen molar-refractivity contribution in [1.82, 2.24) is 0 Å². The normalized spacial score (nSPS) is 11.0. The average Bonchev–Trinajstić information content (AvgIpc) is 3.09. The molecule has 0 atom stereocenters. The van der Waals surface area contributed by atoms with Gasteiger partial charge in [0.15, 0.2) is 0 Å². The van der Waals surface area contributed by atoms with Crippen molar-refractivity contribution in [3.05, 3.63) is 88.8 Å². The van der Waals surface area contributed by atoms with E-state index in [4.69, 9.17) is 20.8 Å². The number of aliphatic imine (C=N–C) groups is 1. The summed E-state index contributed by atoms with van der Waals surface area (Å²) >= 11 is 5.86. The van der Waals surface area contributed by atoms with Crippen LogP contribution in [0.2, 0.25) is 5.02 Å².